The first-order valence-corrected chi connectivity index (χ1v) is 6.13. The molecule has 0 amide bonds. The summed E-state index contributed by atoms with van der Waals surface area (Å²) in [4.78, 5) is 1.02. The van der Waals surface area contributed by atoms with Crippen LogP contribution in [0.3, 0.4) is 0 Å². The summed E-state index contributed by atoms with van der Waals surface area (Å²) in [6.45, 7) is 0. The molecular weight excluding hydrogens is 300 g/mol. The SMILES string of the molecule is Sc1cc(Br)cc(CCCBr)c1. The Morgan fingerprint density at radius 1 is 1.25 bits per heavy atom. The molecule has 0 aliphatic heterocycles. The highest BCUT2D eigenvalue weighted by Gasteiger charge is 1.96. The van der Waals surface area contributed by atoms with E-state index >= 15 is 0 Å². The van der Waals surface area contributed by atoms with Gasteiger partial charge in [-0.05, 0) is 36.6 Å². The van der Waals surface area contributed by atoms with Crippen LogP contribution in [-0.4, -0.2) is 5.33 Å². The van der Waals surface area contributed by atoms with Crippen molar-refractivity contribution in [1.82, 2.24) is 0 Å². The molecule has 0 fully saturated rings. The third-order valence-electron chi connectivity index (χ3n) is 1.54. The number of thiol groups is 1. The van der Waals surface area contributed by atoms with Crippen LogP contribution in [0.1, 0.15) is 12.0 Å². The molecule has 0 unspecified atom stereocenters. The van der Waals surface area contributed by atoms with Crippen LogP contribution in [0.25, 0.3) is 0 Å². The monoisotopic (exact) mass is 308 g/mol. The average Bonchev–Trinajstić information content (AvgIpc) is 1.99. The van der Waals surface area contributed by atoms with Crippen LogP contribution in [0.4, 0.5) is 0 Å². The molecule has 3 heteroatoms. The normalized spacial score (nSPS) is 10.2. The fraction of sp³-hybridized carbons (Fsp3) is 0.333. The van der Waals surface area contributed by atoms with Gasteiger partial charge in [-0.25, -0.2) is 0 Å². The highest BCUT2D eigenvalue weighted by Crippen LogP contribution is 2.19. The summed E-state index contributed by atoms with van der Waals surface area (Å²) in [5, 5.41) is 1.06. The standard InChI is InChI=1S/C9H10Br2S/c10-3-1-2-7-4-8(11)6-9(12)5-7/h4-6,12H,1-3H2. The van der Waals surface area contributed by atoms with Crippen molar-refractivity contribution in [2.24, 2.45) is 0 Å². The molecule has 0 aliphatic rings. The van der Waals surface area contributed by atoms with Crippen molar-refractivity contribution in [2.45, 2.75) is 17.7 Å². The van der Waals surface area contributed by atoms with Gasteiger partial charge in [-0.1, -0.05) is 31.9 Å². The van der Waals surface area contributed by atoms with E-state index in [4.69, 9.17) is 0 Å². The Balaban J connectivity index is 2.72. The number of rotatable bonds is 3. The summed E-state index contributed by atoms with van der Waals surface area (Å²) in [5.74, 6) is 0. The van der Waals surface area contributed by atoms with Crippen LogP contribution in [0, 0.1) is 0 Å². The second kappa shape index (κ2) is 5.30. The lowest BCUT2D eigenvalue weighted by atomic mass is 10.1. The molecule has 0 saturated carbocycles. The number of halogens is 2. The summed E-state index contributed by atoms with van der Waals surface area (Å²) < 4.78 is 1.11. The lowest BCUT2D eigenvalue weighted by molar-refractivity contribution is 0.934. The van der Waals surface area contributed by atoms with E-state index in [-0.39, 0.29) is 0 Å². The maximum Gasteiger partial charge on any atom is 0.0189 e. The zero-order valence-electron chi connectivity index (χ0n) is 6.56. The van der Waals surface area contributed by atoms with Crippen molar-refractivity contribution in [2.75, 3.05) is 5.33 Å². The predicted molar refractivity (Wildman–Crippen MR) is 63.5 cm³/mol. The molecule has 0 aromatic heterocycles. The molecule has 0 bridgehead atoms. The molecule has 66 valence electrons. The van der Waals surface area contributed by atoms with Gasteiger partial charge < -0.3 is 0 Å². The molecule has 12 heavy (non-hydrogen) atoms. The van der Waals surface area contributed by atoms with Gasteiger partial charge in [0.1, 0.15) is 0 Å². The van der Waals surface area contributed by atoms with Crippen molar-refractivity contribution < 1.29 is 0 Å². The molecule has 0 N–H and O–H groups in total. The van der Waals surface area contributed by atoms with Crippen molar-refractivity contribution in [3.8, 4) is 0 Å². The van der Waals surface area contributed by atoms with Crippen LogP contribution >= 0.6 is 44.5 Å². The predicted octanol–water partition coefficient (Wildman–Crippen LogP) is 4.07. The Morgan fingerprint density at radius 3 is 2.58 bits per heavy atom. The first-order chi connectivity index (χ1) is 5.72. The van der Waals surface area contributed by atoms with Crippen LogP contribution in [0.2, 0.25) is 0 Å². The summed E-state index contributed by atoms with van der Waals surface area (Å²) in [6.07, 6.45) is 2.28. The van der Waals surface area contributed by atoms with E-state index in [0.29, 0.717) is 0 Å². The molecule has 1 aromatic carbocycles. The quantitative estimate of drug-likeness (QED) is 0.631. The van der Waals surface area contributed by atoms with Crippen LogP contribution in [0.5, 0.6) is 0 Å². The topological polar surface area (TPSA) is 0 Å². The maximum atomic E-state index is 4.30. The van der Waals surface area contributed by atoms with Gasteiger partial charge in [0.25, 0.3) is 0 Å². The van der Waals surface area contributed by atoms with Gasteiger partial charge in [-0.3, -0.25) is 0 Å². The Labute approximate surface area is 95.4 Å². The molecule has 0 saturated heterocycles. The zero-order chi connectivity index (χ0) is 8.97. The molecular formula is C9H10Br2S. The van der Waals surface area contributed by atoms with Crippen LogP contribution < -0.4 is 0 Å². The van der Waals surface area contributed by atoms with Crippen molar-refractivity contribution >= 4 is 44.5 Å². The highest BCUT2D eigenvalue weighted by molar-refractivity contribution is 9.10. The minimum Gasteiger partial charge on any atom is -0.143 e. The second-order valence-corrected chi connectivity index (χ2v) is 4.84. The van der Waals surface area contributed by atoms with E-state index in [1.54, 1.807) is 0 Å². The zero-order valence-corrected chi connectivity index (χ0v) is 10.6. The Bertz CT molecular complexity index is 240. The van der Waals surface area contributed by atoms with Crippen LogP contribution in [0.15, 0.2) is 27.6 Å². The van der Waals surface area contributed by atoms with Crippen molar-refractivity contribution in [3.63, 3.8) is 0 Å². The van der Waals surface area contributed by atoms with Crippen LogP contribution in [-0.2, 0) is 6.42 Å². The number of benzene rings is 1. The van der Waals surface area contributed by atoms with E-state index < -0.39 is 0 Å². The minimum atomic E-state index is 1.02. The Hall–Kier alpha value is 0.530. The largest absolute Gasteiger partial charge is 0.143 e. The van der Waals surface area contributed by atoms with Gasteiger partial charge >= 0.3 is 0 Å². The lowest BCUT2D eigenvalue weighted by Gasteiger charge is -2.01. The Morgan fingerprint density at radius 2 is 2.00 bits per heavy atom. The van der Waals surface area contributed by atoms with E-state index in [2.05, 4.69) is 56.6 Å². The summed E-state index contributed by atoms with van der Waals surface area (Å²) in [7, 11) is 0. The van der Waals surface area contributed by atoms with E-state index in [1.807, 2.05) is 6.07 Å². The fourth-order valence-electron chi connectivity index (χ4n) is 1.05. The molecule has 0 nitrogen and oxygen atoms in total. The van der Waals surface area contributed by atoms with E-state index in [0.717, 1.165) is 21.1 Å². The van der Waals surface area contributed by atoms with E-state index in [9.17, 15) is 0 Å². The number of hydrogen-bond donors (Lipinski definition) is 1. The molecule has 1 rings (SSSR count). The summed E-state index contributed by atoms with van der Waals surface area (Å²) >= 11 is 11.2. The smallest absolute Gasteiger partial charge is 0.0189 e. The summed E-state index contributed by atoms with van der Waals surface area (Å²) in [5.41, 5.74) is 1.34. The van der Waals surface area contributed by atoms with E-state index in [1.165, 1.54) is 12.0 Å². The van der Waals surface area contributed by atoms with Gasteiger partial charge in [-0.15, -0.1) is 12.6 Å². The maximum absolute atomic E-state index is 4.30. The summed E-state index contributed by atoms with van der Waals surface area (Å²) in [6, 6.07) is 6.25. The highest BCUT2D eigenvalue weighted by atomic mass is 79.9. The average molecular weight is 310 g/mol. The molecule has 1 aromatic rings. The molecule has 0 heterocycles. The van der Waals surface area contributed by atoms with Crippen molar-refractivity contribution in [3.05, 3.63) is 28.2 Å². The van der Waals surface area contributed by atoms with Crippen molar-refractivity contribution in [1.29, 1.82) is 0 Å². The first kappa shape index (κ1) is 10.6. The number of hydrogen-bond acceptors (Lipinski definition) is 1. The molecule has 0 atom stereocenters. The second-order valence-electron chi connectivity index (χ2n) is 2.61. The third kappa shape index (κ3) is 3.50. The fourth-order valence-corrected chi connectivity index (χ4v) is 2.35. The van der Waals surface area contributed by atoms with Gasteiger partial charge in [0, 0.05) is 14.7 Å². The number of alkyl halides is 1. The first-order valence-electron chi connectivity index (χ1n) is 3.77. The number of aryl methyl sites for hydroxylation is 1. The van der Waals surface area contributed by atoms with Gasteiger partial charge in [0.15, 0.2) is 0 Å². The third-order valence-corrected chi connectivity index (χ3v) is 2.82. The lowest BCUT2D eigenvalue weighted by Crippen LogP contribution is -1.86. The molecule has 0 spiro atoms. The van der Waals surface area contributed by atoms with Gasteiger partial charge in [0.05, 0.1) is 0 Å². The molecule has 0 radical (unpaired) electrons. The van der Waals surface area contributed by atoms with Gasteiger partial charge in [-0.2, -0.15) is 0 Å². The Kier molecular flexibility index (Phi) is 4.69. The minimum absolute atomic E-state index is 1.02. The molecule has 0 aliphatic carbocycles. The van der Waals surface area contributed by atoms with Gasteiger partial charge in [0.2, 0.25) is 0 Å².